The average molecular weight is 332 g/mol. The Bertz CT molecular complexity index is 608. The van der Waals surface area contributed by atoms with E-state index < -0.39 is 0 Å². The standard InChI is InChI=1S/C20H26ClNO/c21-16-3-4-19-17(13-16)20(7-10-23-19)5-8-22(9-6-20)18-12-14-1-2-15(18)11-14/h3-4,13-15,18H,1-2,5-12H2/t14-,15-,18-/m1/s1. The Morgan fingerprint density at radius 2 is 1.96 bits per heavy atom. The number of likely N-dealkylation sites (tertiary alicyclic amines) is 1. The predicted octanol–water partition coefficient (Wildman–Crippen LogP) is 4.64. The molecule has 0 N–H and O–H groups in total. The summed E-state index contributed by atoms with van der Waals surface area (Å²) < 4.78 is 5.90. The topological polar surface area (TPSA) is 12.5 Å². The smallest absolute Gasteiger partial charge is 0.123 e. The van der Waals surface area contributed by atoms with Crippen molar-refractivity contribution < 1.29 is 4.74 Å². The molecule has 0 radical (unpaired) electrons. The minimum absolute atomic E-state index is 0.312. The van der Waals surface area contributed by atoms with Crippen LogP contribution in [0.1, 0.15) is 50.5 Å². The Morgan fingerprint density at radius 1 is 1.09 bits per heavy atom. The van der Waals surface area contributed by atoms with Gasteiger partial charge in [-0.3, -0.25) is 0 Å². The molecule has 2 nitrogen and oxygen atoms in total. The van der Waals surface area contributed by atoms with Crippen LogP contribution in [0, 0.1) is 11.8 Å². The first-order valence-electron chi connectivity index (χ1n) is 9.40. The van der Waals surface area contributed by atoms with Crippen LogP contribution in [0.3, 0.4) is 0 Å². The van der Waals surface area contributed by atoms with E-state index in [4.69, 9.17) is 16.3 Å². The number of benzene rings is 1. The predicted molar refractivity (Wildman–Crippen MR) is 93.3 cm³/mol. The second-order valence-electron chi connectivity index (χ2n) is 8.30. The van der Waals surface area contributed by atoms with Gasteiger partial charge in [-0.05, 0) is 81.6 Å². The van der Waals surface area contributed by atoms with Crippen molar-refractivity contribution in [3.63, 3.8) is 0 Å². The molecular weight excluding hydrogens is 306 g/mol. The van der Waals surface area contributed by atoms with Gasteiger partial charge >= 0.3 is 0 Å². The third kappa shape index (κ3) is 2.33. The van der Waals surface area contributed by atoms with Crippen LogP contribution in [-0.2, 0) is 5.41 Å². The molecule has 2 heterocycles. The van der Waals surface area contributed by atoms with Crippen LogP contribution in [-0.4, -0.2) is 30.6 Å². The van der Waals surface area contributed by atoms with Crippen molar-refractivity contribution in [1.82, 2.24) is 4.90 Å². The van der Waals surface area contributed by atoms with Crippen LogP contribution in [0.15, 0.2) is 18.2 Å². The molecule has 3 atom stereocenters. The highest BCUT2D eigenvalue weighted by molar-refractivity contribution is 6.30. The molecule has 2 saturated carbocycles. The van der Waals surface area contributed by atoms with Crippen molar-refractivity contribution in [2.24, 2.45) is 11.8 Å². The lowest BCUT2D eigenvalue weighted by molar-refractivity contribution is 0.0659. The number of nitrogens with zero attached hydrogens (tertiary/aromatic N) is 1. The Morgan fingerprint density at radius 3 is 2.70 bits per heavy atom. The lowest BCUT2D eigenvalue weighted by Crippen LogP contribution is -2.49. The number of ether oxygens (including phenoxy) is 1. The summed E-state index contributed by atoms with van der Waals surface area (Å²) in [6.07, 6.45) is 9.69. The maximum atomic E-state index is 6.29. The molecule has 124 valence electrons. The zero-order chi connectivity index (χ0) is 15.4. The number of hydrogen-bond acceptors (Lipinski definition) is 2. The summed E-state index contributed by atoms with van der Waals surface area (Å²) in [5.41, 5.74) is 1.69. The molecule has 2 aliphatic carbocycles. The van der Waals surface area contributed by atoms with E-state index in [2.05, 4.69) is 17.0 Å². The summed E-state index contributed by atoms with van der Waals surface area (Å²) in [5.74, 6) is 3.13. The quantitative estimate of drug-likeness (QED) is 0.743. The number of halogens is 1. The zero-order valence-corrected chi connectivity index (χ0v) is 14.5. The summed E-state index contributed by atoms with van der Waals surface area (Å²) in [7, 11) is 0. The molecule has 1 spiro atoms. The molecule has 0 unspecified atom stereocenters. The van der Waals surface area contributed by atoms with E-state index in [0.717, 1.165) is 41.7 Å². The van der Waals surface area contributed by atoms with E-state index in [0.29, 0.717) is 5.41 Å². The molecule has 4 aliphatic rings. The number of piperidine rings is 1. The molecule has 2 bridgehead atoms. The van der Waals surface area contributed by atoms with Crippen molar-refractivity contribution in [1.29, 1.82) is 0 Å². The fourth-order valence-electron chi connectivity index (χ4n) is 5.99. The monoisotopic (exact) mass is 331 g/mol. The lowest BCUT2D eigenvalue weighted by atomic mass is 9.69. The molecular formula is C20H26ClNO. The first kappa shape index (κ1) is 14.6. The Kier molecular flexibility index (Phi) is 3.42. The van der Waals surface area contributed by atoms with Crippen molar-refractivity contribution in [2.45, 2.75) is 56.4 Å². The molecule has 3 heteroatoms. The average Bonchev–Trinajstić information content (AvgIpc) is 3.20. The van der Waals surface area contributed by atoms with Crippen LogP contribution in [0.2, 0.25) is 5.02 Å². The minimum Gasteiger partial charge on any atom is -0.493 e. The van der Waals surface area contributed by atoms with Gasteiger partial charge in [-0.15, -0.1) is 0 Å². The van der Waals surface area contributed by atoms with E-state index >= 15 is 0 Å². The van der Waals surface area contributed by atoms with Crippen LogP contribution in [0.4, 0.5) is 0 Å². The van der Waals surface area contributed by atoms with Crippen LogP contribution in [0.25, 0.3) is 0 Å². The van der Waals surface area contributed by atoms with Gasteiger partial charge in [0, 0.05) is 22.0 Å². The summed E-state index contributed by atoms with van der Waals surface area (Å²) in [6.45, 7) is 3.39. The first-order valence-corrected chi connectivity index (χ1v) is 9.78. The maximum absolute atomic E-state index is 6.29. The van der Waals surface area contributed by atoms with E-state index in [1.54, 1.807) is 0 Å². The number of hydrogen-bond donors (Lipinski definition) is 0. The zero-order valence-electron chi connectivity index (χ0n) is 13.8. The molecule has 23 heavy (non-hydrogen) atoms. The molecule has 0 amide bonds. The second kappa shape index (κ2) is 5.39. The van der Waals surface area contributed by atoms with Crippen LogP contribution < -0.4 is 4.74 Å². The summed E-state index contributed by atoms with van der Waals surface area (Å²) in [6, 6.07) is 7.10. The highest BCUT2D eigenvalue weighted by atomic mass is 35.5. The number of rotatable bonds is 1. The molecule has 1 aromatic rings. The lowest BCUT2D eigenvalue weighted by Gasteiger charge is -2.47. The fourth-order valence-corrected chi connectivity index (χ4v) is 6.17. The number of fused-ring (bicyclic) bond motifs is 4. The van der Waals surface area contributed by atoms with Crippen LogP contribution >= 0.6 is 11.6 Å². The SMILES string of the molecule is Clc1ccc2c(c1)C1(CCO2)CCN([C@@H]2C[C@@H]3CC[C@@H]2C3)CC1. The van der Waals surface area contributed by atoms with Gasteiger partial charge in [0.25, 0.3) is 0 Å². The summed E-state index contributed by atoms with van der Waals surface area (Å²) in [4.78, 5) is 2.83. The van der Waals surface area contributed by atoms with Gasteiger partial charge in [0.15, 0.2) is 0 Å². The largest absolute Gasteiger partial charge is 0.493 e. The van der Waals surface area contributed by atoms with Gasteiger partial charge < -0.3 is 9.64 Å². The van der Waals surface area contributed by atoms with Gasteiger partial charge in [0.1, 0.15) is 5.75 Å². The van der Waals surface area contributed by atoms with E-state index in [9.17, 15) is 0 Å². The van der Waals surface area contributed by atoms with Gasteiger partial charge in [-0.1, -0.05) is 18.0 Å². The Balaban J connectivity index is 1.36. The van der Waals surface area contributed by atoms with E-state index in [1.807, 2.05) is 6.07 Å². The van der Waals surface area contributed by atoms with Crippen molar-refractivity contribution >= 4 is 11.6 Å². The Labute approximate surface area is 144 Å². The molecule has 5 rings (SSSR count). The minimum atomic E-state index is 0.312. The third-order valence-corrected chi connectivity index (χ3v) is 7.51. The molecule has 3 fully saturated rings. The van der Waals surface area contributed by atoms with E-state index in [-0.39, 0.29) is 0 Å². The van der Waals surface area contributed by atoms with Gasteiger partial charge in [-0.25, -0.2) is 0 Å². The van der Waals surface area contributed by atoms with Gasteiger partial charge in [0.05, 0.1) is 6.61 Å². The van der Waals surface area contributed by atoms with E-state index in [1.165, 1.54) is 57.2 Å². The fraction of sp³-hybridized carbons (Fsp3) is 0.700. The molecule has 1 saturated heterocycles. The summed E-state index contributed by atoms with van der Waals surface area (Å²) >= 11 is 6.29. The molecule has 2 aliphatic heterocycles. The van der Waals surface area contributed by atoms with Gasteiger partial charge in [0.2, 0.25) is 0 Å². The van der Waals surface area contributed by atoms with Gasteiger partial charge in [-0.2, -0.15) is 0 Å². The van der Waals surface area contributed by atoms with Crippen molar-refractivity contribution in [3.8, 4) is 5.75 Å². The third-order valence-electron chi connectivity index (χ3n) is 7.28. The Hall–Kier alpha value is -0.730. The van der Waals surface area contributed by atoms with Crippen molar-refractivity contribution in [2.75, 3.05) is 19.7 Å². The highest BCUT2D eigenvalue weighted by Crippen LogP contribution is 2.50. The summed E-state index contributed by atoms with van der Waals surface area (Å²) in [5, 5.41) is 0.851. The first-order chi connectivity index (χ1) is 11.2. The van der Waals surface area contributed by atoms with Crippen LogP contribution in [0.5, 0.6) is 5.75 Å². The van der Waals surface area contributed by atoms with Crippen molar-refractivity contribution in [3.05, 3.63) is 28.8 Å². The maximum Gasteiger partial charge on any atom is 0.123 e. The molecule has 1 aromatic carbocycles. The molecule has 0 aromatic heterocycles. The second-order valence-corrected chi connectivity index (χ2v) is 8.73. The highest BCUT2D eigenvalue weighted by Gasteiger charge is 2.46. The normalized spacial score (nSPS) is 35.3.